The highest BCUT2D eigenvalue weighted by Crippen LogP contribution is 2.04. The van der Waals surface area contributed by atoms with Gasteiger partial charge in [0.25, 0.3) is 20.2 Å². The van der Waals surface area contributed by atoms with Gasteiger partial charge in [-0.2, -0.15) is 16.8 Å². The summed E-state index contributed by atoms with van der Waals surface area (Å²) >= 11 is 0. The van der Waals surface area contributed by atoms with Gasteiger partial charge in [-0.05, 0) is 12.8 Å². The van der Waals surface area contributed by atoms with Gasteiger partial charge in [0.05, 0.1) is 24.0 Å². The third-order valence-corrected chi connectivity index (χ3v) is 3.75. The van der Waals surface area contributed by atoms with E-state index in [1.165, 1.54) is 0 Å². The summed E-state index contributed by atoms with van der Waals surface area (Å²) in [5, 5.41) is 1.50. The van der Waals surface area contributed by atoms with Crippen LogP contribution in [-0.2, 0) is 28.6 Å². The van der Waals surface area contributed by atoms with Crippen LogP contribution in [0.2, 0.25) is 0 Å². The molecule has 0 aromatic heterocycles. The van der Waals surface area contributed by atoms with Gasteiger partial charge in [-0.3, -0.25) is 8.37 Å². The van der Waals surface area contributed by atoms with Gasteiger partial charge in [-0.25, -0.2) is 0 Å². The second kappa shape index (κ2) is 8.41. The molecule has 0 N–H and O–H groups in total. The van der Waals surface area contributed by atoms with Crippen molar-refractivity contribution in [3.05, 3.63) is 24.0 Å². The molecule has 0 spiro atoms. The summed E-state index contributed by atoms with van der Waals surface area (Å²) in [6, 6.07) is 0. The monoisotopic (exact) mass is 298 g/mol. The molecule has 0 fully saturated rings. The van der Waals surface area contributed by atoms with E-state index in [0.717, 1.165) is 23.7 Å². The Morgan fingerprint density at radius 2 is 1.06 bits per heavy atom. The van der Waals surface area contributed by atoms with Gasteiger partial charge < -0.3 is 0 Å². The lowest BCUT2D eigenvalue weighted by Gasteiger charge is -2.03. The van der Waals surface area contributed by atoms with E-state index in [0.29, 0.717) is 12.8 Å². The number of hydrogen-bond donors (Lipinski definition) is 0. The molecule has 0 saturated carbocycles. The lowest BCUT2D eigenvalue weighted by atomic mass is 10.2. The molecule has 0 atom stereocenters. The van der Waals surface area contributed by atoms with E-state index in [2.05, 4.69) is 21.5 Å². The summed E-state index contributed by atoms with van der Waals surface area (Å²) in [6.45, 7) is 6.41. The molecule has 0 heterocycles. The average molecular weight is 298 g/mol. The molecule has 0 aromatic carbocycles. The van der Waals surface area contributed by atoms with E-state index >= 15 is 0 Å². The highest BCUT2D eigenvalue weighted by molar-refractivity contribution is 7.89. The predicted octanol–water partition coefficient (Wildman–Crippen LogP) is 1.53. The highest BCUT2D eigenvalue weighted by atomic mass is 32.2. The Morgan fingerprint density at radius 1 is 0.722 bits per heavy atom. The van der Waals surface area contributed by atoms with Crippen molar-refractivity contribution in [2.75, 3.05) is 13.2 Å². The van der Waals surface area contributed by atoms with Crippen molar-refractivity contribution >= 4 is 20.2 Å². The van der Waals surface area contributed by atoms with Crippen molar-refractivity contribution < 1.29 is 25.2 Å². The molecule has 0 radical (unpaired) electrons. The van der Waals surface area contributed by atoms with Crippen LogP contribution in [0.15, 0.2) is 24.0 Å². The Labute approximate surface area is 109 Å². The van der Waals surface area contributed by atoms with Crippen molar-refractivity contribution in [3.63, 3.8) is 0 Å². The van der Waals surface area contributed by atoms with Gasteiger partial charge in [-0.1, -0.05) is 26.0 Å². The fourth-order valence-electron chi connectivity index (χ4n) is 1.00. The maximum Gasteiger partial charge on any atom is 0.289 e. The molecule has 0 aliphatic rings. The van der Waals surface area contributed by atoms with Gasteiger partial charge in [-0.15, -0.1) is 0 Å². The molecule has 0 amide bonds. The van der Waals surface area contributed by atoms with E-state index in [9.17, 15) is 16.8 Å². The van der Waals surface area contributed by atoms with Crippen LogP contribution in [-0.4, -0.2) is 30.0 Å². The van der Waals surface area contributed by atoms with E-state index in [1.807, 2.05) is 0 Å². The minimum absolute atomic E-state index is 0.0974. The van der Waals surface area contributed by atoms with Gasteiger partial charge in [0, 0.05) is 0 Å². The van der Waals surface area contributed by atoms with Crippen LogP contribution in [0.25, 0.3) is 0 Å². The summed E-state index contributed by atoms with van der Waals surface area (Å²) in [4.78, 5) is 0. The smallest absolute Gasteiger partial charge is 0.267 e. The van der Waals surface area contributed by atoms with Crippen LogP contribution in [0.3, 0.4) is 0 Å². The van der Waals surface area contributed by atoms with Crippen LogP contribution in [0.1, 0.15) is 25.7 Å². The highest BCUT2D eigenvalue weighted by Gasteiger charge is 2.05. The third-order valence-electron chi connectivity index (χ3n) is 1.94. The van der Waals surface area contributed by atoms with E-state index in [-0.39, 0.29) is 13.2 Å². The zero-order valence-electron chi connectivity index (χ0n) is 10.1. The van der Waals surface area contributed by atoms with E-state index in [1.54, 1.807) is 0 Å². The standard InChI is InChI=1S/C10H18O6S2/c1-3-17(11,12)15-9-7-5-6-8-10-16-18(13,14)4-2/h3-4H,1-2,5-10H2. The second-order valence-electron chi connectivity index (χ2n) is 3.38. The number of unbranched alkanes of at least 4 members (excludes halogenated alkanes) is 3. The zero-order chi connectivity index (χ0) is 14.1. The van der Waals surface area contributed by atoms with Gasteiger partial charge in [0.1, 0.15) is 0 Å². The topological polar surface area (TPSA) is 86.7 Å². The zero-order valence-corrected chi connectivity index (χ0v) is 11.7. The molecule has 6 nitrogen and oxygen atoms in total. The van der Waals surface area contributed by atoms with Gasteiger partial charge in [0.15, 0.2) is 0 Å². The molecule has 0 aromatic rings. The quantitative estimate of drug-likeness (QED) is 0.424. The SMILES string of the molecule is C=CS(=O)(=O)OCCCCCCOS(=O)(=O)C=C. The maximum absolute atomic E-state index is 10.8. The van der Waals surface area contributed by atoms with Crippen molar-refractivity contribution in [1.82, 2.24) is 0 Å². The van der Waals surface area contributed by atoms with Crippen molar-refractivity contribution in [3.8, 4) is 0 Å². The normalized spacial score (nSPS) is 12.2. The Morgan fingerprint density at radius 3 is 1.33 bits per heavy atom. The first-order chi connectivity index (χ1) is 8.33. The van der Waals surface area contributed by atoms with Crippen LogP contribution < -0.4 is 0 Å². The molecule has 0 saturated heterocycles. The summed E-state index contributed by atoms with van der Waals surface area (Å²) in [7, 11) is -7.18. The van der Waals surface area contributed by atoms with Gasteiger partial charge in [0.2, 0.25) is 0 Å². The van der Waals surface area contributed by atoms with Crippen LogP contribution >= 0.6 is 0 Å². The molecule has 0 unspecified atom stereocenters. The number of rotatable bonds is 11. The second-order valence-corrected chi connectivity index (χ2v) is 6.49. The fraction of sp³-hybridized carbons (Fsp3) is 0.600. The van der Waals surface area contributed by atoms with Crippen LogP contribution in [0, 0.1) is 0 Å². The first-order valence-electron chi connectivity index (χ1n) is 5.37. The molecule has 0 aliphatic heterocycles. The molecule has 0 rings (SSSR count). The first-order valence-corrected chi connectivity index (χ1v) is 8.31. The van der Waals surface area contributed by atoms with Crippen molar-refractivity contribution in [1.29, 1.82) is 0 Å². The maximum atomic E-state index is 10.8. The van der Waals surface area contributed by atoms with Crippen LogP contribution in [0.5, 0.6) is 0 Å². The number of hydrogen-bond acceptors (Lipinski definition) is 6. The molecular formula is C10H18O6S2. The van der Waals surface area contributed by atoms with Crippen molar-refractivity contribution in [2.24, 2.45) is 0 Å². The van der Waals surface area contributed by atoms with Gasteiger partial charge >= 0.3 is 0 Å². The Bertz CT molecular complexity index is 405. The molecule has 0 aliphatic carbocycles. The Hall–Kier alpha value is -0.700. The first kappa shape index (κ1) is 17.3. The summed E-state index contributed by atoms with van der Waals surface area (Å²) < 4.78 is 52.5. The van der Waals surface area contributed by atoms with Crippen molar-refractivity contribution in [2.45, 2.75) is 25.7 Å². The predicted molar refractivity (Wildman–Crippen MR) is 68.6 cm³/mol. The fourth-order valence-corrected chi connectivity index (χ4v) is 1.90. The molecule has 0 bridgehead atoms. The lowest BCUT2D eigenvalue weighted by molar-refractivity contribution is 0.295. The van der Waals surface area contributed by atoms with Crippen LogP contribution in [0.4, 0.5) is 0 Å². The molecular weight excluding hydrogens is 280 g/mol. The Kier molecular flexibility index (Phi) is 8.08. The Balaban J connectivity index is 3.48. The lowest BCUT2D eigenvalue weighted by Crippen LogP contribution is -2.04. The largest absolute Gasteiger partial charge is 0.289 e. The molecule has 18 heavy (non-hydrogen) atoms. The molecule has 8 heteroatoms. The van der Waals surface area contributed by atoms with E-state index in [4.69, 9.17) is 0 Å². The summed E-state index contributed by atoms with van der Waals surface area (Å²) in [5.41, 5.74) is 0. The summed E-state index contributed by atoms with van der Waals surface area (Å²) in [6.07, 6.45) is 2.59. The third kappa shape index (κ3) is 9.34. The minimum atomic E-state index is -3.59. The average Bonchev–Trinajstić information content (AvgIpc) is 2.32. The summed E-state index contributed by atoms with van der Waals surface area (Å²) in [5.74, 6) is 0. The van der Waals surface area contributed by atoms with E-state index < -0.39 is 20.2 Å². The molecule has 106 valence electrons. The minimum Gasteiger partial charge on any atom is -0.267 e.